The summed E-state index contributed by atoms with van der Waals surface area (Å²) in [6.45, 7) is 4.79. The number of carbonyl (C=O) groups excluding carboxylic acids is 1. The first-order valence-corrected chi connectivity index (χ1v) is 6.60. The maximum absolute atomic E-state index is 11.8. The number of urea groups is 1. The predicted molar refractivity (Wildman–Crippen MR) is 73.2 cm³/mol. The number of aliphatic carboxylic acids is 1. The van der Waals surface area contributed by atoms with Crippen LogP contribution in [0.2, 0.25) is 0 Å². The topological polar surface area (TPSA) is 64.1 Å². The highest BCUT2D eigenvalue weighted by molar-refractivity contribution is 5.77. The number of hydrogen-bond acceptors (Lipinski definition) is 3. The number of amides is 2. The lowest BCUT2D eigenvalue weighted by atomic mass is 9.96. The molecule has 0 atom stereocenters. The zero-order chi connectivity index (χ0) is 14.8. The van der Waals surface area contributed by atoms with Crippen molar-refractivity contribution in [3.05, 3.63) is 0 Å². The molecule has 0 spiro atoms. The smallest absolute Gasteiger partial charge is 0.323 e. The minimum atomic E-state index is -0.877. The number of carboxylic acid groups (broad SMARTS) is 1. The van der Waals surface area contributed by atoms with Gasteiger partial charge in [-0.2, -0.15) is 0 Å². The van der Waals surface area contributed by atoms with Crippen molar-refractivity contribution in [2.24, 2.45) is 0 Å². The third-order valence-corrected chi connectivity index (χ3v) is 4.07. The SMILES string of the molecule is CN(C)C(=O)N1CCC(N(C)C(C)(C)C(=O)O)CC1. The van der Waals surface area contributed by atoms with Crippen LogP contribution >= 0.6 is 0 Å². The quantitative estimate of drug-likeness (QED) is 0.829. The van der Waals surface area contributed by atoms with Gasteiger partial charge in [-0.1, -0.05) is 0 Å². The summed E-state index contributed by atoms with van der Waals surface area (Å²) in [6.07, 6.45) is 1.62. The van der Waals surface area contributed by atoms with Crippen LogP contribution in [0.3, 0.4) is 0 Å². The summed E-state index contributed by atoms with van der Waals surface area (Å²) in [4.78, 5) is 28.4. The standard InChI is InChI=1S/C13H25N3O3/c1-13(2,11(17)18)15(5)10-6-8-16(9-7-10)12(19)14(3)4/h10H,6-9H2,1-5H3,(H,17,18). The van der Waals surface area contributed by atoms with Crippen molar-refractivity contribution in [1.29, 1.82) is 0 Å². The van der Waals surface area contributed by atoms with Gasteiger partial charge in [-0.3, -0.25) is 9.69 Å². The van der Waals surface area contributed by atoms with Crippen molar-refractivity contribution in [2.45, 2.75) is 38.3 Å². The molecule has 0 aromatic carbocycles. The molecule has 2 amide bonds. The zero-order valence-electron chi connectivity index (χ0n) is 12.5. The van der Waals surface area contributed by atoms with E-state index < -0.39 is 11.5 Å². The van der Waals surface area contributed by atoms with Crippen LogP contribution in [0.15, 0.2) is 0 Å². The molecule has 1 rings (SSSR count). The predicted octanol–water partition coefficient (Wildman–Crippen LogP) is 0.927. The van der Waals surface area contributed by atoms with Crippen molar-refractivity contribution in [2.75, 3.05) is 34.2 Å². The summed E-state index contributed by atoms with van der Waals surface area (Å²) in [5, 5.41) is 9.24. The second-order valence-electron chi connectivity index (χ2n) is 5.87. The highest BCUT2D eigenvalue weighted by Gasteiger charge is 2.37. The van der Waals surface area contributed by atoms with Gasteiger partial charge in [0, 0.05) is 33.2 Å². The third-order valence-electron chi connectivity index (χ3n) is 4.07. The number of likely N-dealkylation sites (N-methyl/N-ethyl adjacent to an activating group) is 1. The fraction of sp³-hybridized carbons (Fsp3) is 0.846. The summed E-state index contributed by atoms with van der Waals surface area (Å²) < 4.78 is 0. The highest BCUT2D eigenvalue weighted by atomic mass is 16.4. The van der Waals surface area contributed by atoms with Gasteiger partial charge in [-0.25, -0.2) is 4.79 Å². The Hall–Kier alpha value is -1.30. The van der Waals surface area contributed by atoms with Gasteiger partial charge in [-0.05, 0) is 33.7 Å². The molecule has 1 saturated heterocycles. The van der Waals surface area contributed by atoms with Crippen LogP contribution in [-0.2, 0) is 4.79 Å². The number of carbonyl (C=O) groups is 2. The fourth-order valence-electron chi connectivity index (χ4n) is 2.33. The monoisotopic (exact) mass is 271 g/mol. The Balaban J connectivity index is 2.59. The van der Waals surface area contributed by atoms with Gasteiger partial charge in [0.25, 0.3) is 0 Å². The first kappa shape index (κ1) is 15.8. The lowest BCUT2D eigenvalue weighted by molar-refractivity contribution is -0.150. The van der Waals surface area contributed by atoms with Crippen LogP contribution in [-0.4, -0.2) is 77.6 Å². The average Bonchev–Trinajstić information content (AvgIpc) is 2.36. The van der Waals surface area contributed by atoms with Gasteiger partial charge in [0.1, 0.15) is 5.54 Å². The van der Waals surface area contributed by atoms with E-state index in [-0.39, 0.29) is 12.1 Å². The molecule has 19 heavy (non-hydrogen) atoms. The van der Waals surface area contributed by atoms with Crippen molar-refractivity contribution in [3.63, 3.8) is 0 Å². The van der Waals surface area contributed by atoms with Gasteiger partial charge in [0.15, 0.2) is 0 Å². The Morgan fingerprint density at radius 2 is 1.63 bits per heavy atom. The maximum atomic E-state index is 11.8. The largest absolute Gasteiger partial charge is 0.480 e. The Labute approximate surface area is 115 Å². The molecule has 0 radical (unpaired) electrons. The number of piperidine rings is 1. The van der Waals surface area contributed by atoms with Gasteiger partial charge < -0.3 is 14.9 Å². The minimum Gasteiger partial charge on any atom is -0.480 e. The van der Waals surface area contributed by atoms with E-state index in [9.17, 15) is 14.7 Å². The molecule has 110 valence electrons. The molecule has 0 aromatic rings. The molecule has 6 heteroatoms. The van der Waals surface area contributed by atoms with E-state index >= 15 is 0 Å². The Bertz CT molecular complexity index is 347. The summed E-state index contributed by atoms with van der Waals surface area (Å²) >= 11 is 0. The summed E-state index contributed by atoms with van der Waals surface area (Å²) in [6, 6.07) is 0.232. The highest BCUT2D eigenvalue weighted by Crippen LogP contribution is 2.23. The van der Waals surface area contributed by atoms with Gasteiger partial charge >= 0.3 is 12.0 Å². The summed E-state index contributed by atoms with van der Waals surface area (Å²) in [5.74, 6) is -0.818. The first-order chi connectivity index (χ1) is 8.67. The molecule has 1 aliphatic heterocycles. The Kier molecular flexibility index (Phi) is 4.79. The zero-order valence-corrected chi connectivity index (χ0v) is 12.5. The molecule has 0 bridgehead atoms. The first-order valence-electron chi connectivity index (χ1n) is 6.60. The van der Waals surface area contributed by atoms with Crippen LogP contribution < -0.4 is 0 Å². The molecule has 0 aliphatic carbocycles. The van der Waals surface area contributed by atoms with Gasteiger partial charge in [0.2, 0.25) is 0 Å². The number of hydrogen-bond donors (Lipinski definition) is 1. The van der Waals surface area contributed by atoms with Crippen molar-refractivity contribution in [1.82, 2.24) is 14.7 Å². The van der Waals surface area contributed by atoms with E-state index in [0.717, 1.165) is 12.8 Å². The molecule has 0 aromatic heterocycles. The molecule has 0 unspecified atom stereocenters. The average molecular weight is 271 g/mol. The number of nitrogens with zero attached hydrogens (tertiary/aromatic N) is 3. The van der Waals surface area contributed by atoms with Crippen LogP contribution in [0.5, 0.6) is 0 Å². The van der Waals surface area contributed by atoms with Crippen molar-refractivity contribution < 1.29 is 14.7 Å². The molecule has 0 saturated carbocycles. The summed E-state index contributed by atoms with van der Waals surface area (Å²) in [5.41, 5.74) is -0.877. The lowest BCUT2D eigenvalue weighted by Crippen LogP contribution is -2.56. The number of likely N-dealkylation sites (tertiary alicyclic amines) is 1. The molecule has 1 aliphatic rings. The van der Waals surface area contributed by atoms with Crippen molar-refractivity contribution >= 4 is 12.0 Å². The minimum absolute atomic E-state index is 0.0265. The fourth-order valence-corrected chi connectivity index (χ4v) is 2.33. The van der Waals surface area contributed by atoms with Crippen LogP contribution in [0.1, 0.15) is 26.7 Å². The van der Waals surface area contributed by atoms with Crippen molar-refractivity contribution in [3.8, 4) is 0 Å². The molecule has 6 nitrogen and oxygen atoms in total. The third kappa shape index (κ3) is 3.37. The van der Waals surface area contributed by atoms with Crippen LogP contribution in [0.25, 0.3) is 0 Å². The molecular formula is C13H25N3O3. The van der Waals surface area contributed by atoms with E-state index in [2.05, 4.69) is 0 Å². The van der Waals surface area contributed by atoms with E-state index in [1.807, 2.05) is 16.8 Å². The Morgan fingerprint density at radius 3 is 2.00 bits per heavy atom. The second-order valence-corrected chi connectivity index (χ2v) is 5.87. The number of carboxylic acids is 1. The van der Waals surface area contributed by atoms with E-state index in [4.69, 9.17) is 0 Å². The van der Waals surface area contributed by atoms with Gasteiger partial charge in [0.05, 0.1) is 0 Å². The molecule has 1 N–H and O–H groups in total. The summed E-state index contributed by atoms with van der Waals surface area (Å²) in [7, 11) is 5.34. The van der Waals surface area contributed by atoms with E-state index in [1.54, 1.807) is 32.8 Å². The second kappa shape index (κ2) is 5.77. The lowest BCUT2D eigenvalue weighted by Gasteiger charge is -2.42. The van der Waals surface area contributed by atoms with E-state index in [0.29, 0.717) is 13.1 Å². The molecule has 1 fully saturated rings. The maximum Gasteiger partial charge on any atom is 0.323 e. The van der Waals surface area contributed by atoms with E-state index in [1.165, 1.54) is 0 Å². The number of rotatable bonds is 3. The molecular weight excluding hydrogens is 246 g/mol. The van der Waals surface area contributed by atoms with Crippen LogP contribution in [0, 0.1) is 0 Å². The van der Waals surface area contributed by atoms with Gasteiger partial charge in [-0.15, -0.1) is 0 Å². The Morgan fingerprint density at radius 1 is 1.16 bits per heavy atom. The normalized spacial score (nSPS) is 17.7. The molecule has 1 heterocycles. The van der Waals surface area contributed by atoms with Crippen LogP contribution in [0.4, 0.5) is 4.79 Å².